The summed E-state index contributed by atoms with van der Waals surface area (Å²) in [4.78, 5) is 16.8. The molecule has 1 heterocycles. The van der Waals surface area contributed by atoms with E-state index in [1.165, 1.54) is 0 Å². The van der Waals surface area contributed by atoms with Crippen LogP contribution >= 0.6 is 12.4 Å². The lowest BCUT2D eigenvalue weighted by Crippen LogP contribution is -2.52. The van der Waals surface area contributed by atoms with Gasteiger partial charge >= 0.3 is 0 Å². The van der Waals surface area contributed by atoms with E-state index < -0.39 is 5.54 Å². The van der Waals surface area contributed by atoms with Crippen LogP contribution < -0.4 is 5.73 Å². The quantitative estimate of drug-likeness (QED) is 0.784. The third-order valence-electron chi connectivity index (χ3n) is 4.24. The van der Waals surface area contributed by atoms with Gasteiger partial charge in [-0.3, -0.25) is 4.79 Å². The number of carbonyl (C=O) groups is 1. The summed E-state index contributed by atoms with van der Waals surface area (Å²) >= 11 is 0. The summed E-state index contributed by atoms with van der Waals surface area (Å²) in [5.41, 5.74) is 5.47. The molecule has 2 N–H and O–H groups in total. The van der Waals surface area contributed by atoms with Crippen LogP contribution in [0.1, 0.15) is 47.0 Å². The first-order valence-electron chi connectivity index (χ1n) is 7.75. The SMILES string of the molecule is CCCC(C)(N)C(=O)N1CCC(CN(CC)CC)C1.Cl. The fourth-order valence-corrected chi connectivity index (χ4v) is 3.00. The van der Waals surface area contributed by atoms with Crippen molar-refractivity contribution in [1.82, 2.24) is 9.80 Å². The molecule has 1 aliphatic heterocycles. The van der Waals surface area contributed by atoms with Gasteiger partial charge in [0, 0.05) is 19.6 Å². The van der Waals surface area contributed by atoms with E-state index in [1.807, 2.05) is 11.8 Å². The fourth-order valence-electron chi connectivity index (χ4n) is 3.00. The van der Waals surface area contributed by atoms with Gasteiger partial charge in [0.05, 0.1) is 5.54 Å². The highest BCUT2D eigenvalue weighted by atomic mass is 35.5. The second-order valence-corrected chi connectivity index (χ2v) is 6.06. The zero-order chi connectivity index (χ0) is 14.5. The maximum absolute atomic E-state index is 12.4. The Labute approximate surface area is 130 Å². The van der Waals surface area contributed by atoms with Gasteiger partial charge in [-0.2, -0.15) is 0 Å². The van der Waals surface area contributed by atoms with E-state index in [1.54, 1.807) is 0 Å². The van der Waals surface area contributed by atoms with Crippen LogP contribution in [0, 0.1) is 5.92 Å². The molecule has 20 heavy (non-hydrogen) atoms. The topological polar surface area (TPSA) is 49.6 Å². The number of rotatable bonds is 7. The zero-order valence-corrected chi connectivity index (χ0v) is 14.3. The zero-order valence-electron chi connectivity index (χ0n) is 13.5. The Morgan fingerprint density at radius 2 is 1.95 bits per heavy atom. The summed E-state index contributed by atoms with van der Waals surface area (Å²) in [6.45, 7) is 13.4. The van der Waals surface area contributed by atoms with E-state index in [4.69, 9.17) is 5.73 Å². The van der Waals surface area contributed by atoms with E-state index in [2.05, 4.69) is 25.7 Å². The molecule has 1 rings (SSSR count). The van der Waals surface area contributed by atoms with Crippen LogP contribution in [0.3, 0.4) is 0 Å². The minimum absolute atomic E-state index is 0. The van der Waals surface area contributed by atoms with Gasteiger partial charge in [-0.15, -0.1) is 12.4 Å². The third-order valence-corrected chi connectivity index (χ3v) is 4.24. The van der Waals surface area contributed by atoms with Crippen molar-refractivity contribution in [2.75, 3.05) is 32.7 Å². The Kier molecular flexibility index (Phi) is 8.71. The van der Waals surface area contributed by atoms with Gasteiger partial charge in [-0.05, 0) is 38.8 Å². The lowest BCUT2D eigenvalue weighted by atomic mass is 9.96. The van der Waals surface area contributed by atoms with Gasteiger partial charge in [0.25, 0.3) is 0 Å². The number of likely N-dealkylation sites (tertiary alicyclic amines) is 1. The second kappa shape index (κ2) is 8.85. The molecule has 0 saturated carbocycles. The van der Waals surface area contributed by atoms with Crippen molar-refractivity contribution in [1.29, 1.82) is 0 Å². The number of nitrogens with two attached hydrogens (primary N) is 1. The first-order chi connectivity index (χ1) is 8.94. The van der Waals surface area contributed by atoms with E-state index in [9.17, 15) is 4.79 Å². The molecule has 0 aromatic carbocycles. The molecule has 0 aromatic heterocycles. The minimum atomic E-state index is -0.682. The second-order valence-electron chi connectivity index (χ2n) is 6.06. The molecular weight excluding hydrogens is 274 g/mol. The third kappa shape index (κ3) is 5.23. The molecule has 0 aromatic rings. The van der Waals surface area contributed by atoms with Gasteiger partial charge in [0.1, 0.15) is 0 Å². The van der Waals surface area contributed by atoms with Crippen LogP contribution in [0.5, 0.6) is 0 Å². The van der Waals surface area contributed by atoms with Crippen LogP contribution in [0.15, 0.2) is 0 Å². The van der Waals surface area contributed by atoms with E-state index in [-0.39, 0.29) is 18.3 Å². The predicted molar refractivity (Wildman–Crippen MR) is 87.2 cm³/mol. The van der Waals surface area contributed by atoms with Gasteiger partial charge in [0.2, 0.25) is 5.91 Å². The molecule has 5 heteroatoms. The number of hydrogen-bond donors (Lipinski definition) is 1. The highest BCUT2D eigenvalue weighted by molar-refractivity contribution is 5.86. The Morgan fingerprint density at radius 3 is 2.45 bits per heavy atom. The van der Waals surface area contributed by atoms with Crippen molar-refractivity contribution >= 4 is 18.3 Å². The van der Waals surface area contributed by atoms with E-state index >= 15 is 0 Å². The van der Waals surface area contributed by atoms with Gasteiger partial charge < -0.3 is 15.5 Å². The molecular formula is C15H32ClN3O. The molecule has 2 atom stereocenters. The van der Waals surface area contributed by atoms with Crippen LogP contribution in [-0.2, 0) is 4.79 Å². The molecule has 120 valence electrons. The maximum Gasteiger partial charge on any atom is 0.242 e. The number of amides is 1. The molecule has 0 spiro atoms. The molecule has 1 saturated heterocycles. The summed E-state index contributed by atoms with van der Waals surface area (Å²) < 4.78 is 0. The van der Waals surface area contributed by atoms with Gasteiger partial charge in [-0.25, -0.2) is 0 Å². The van der Waals surface area contributed by atoms with Gasteiger partial charge in [-0.1, -0.05) is 27.2 Å². The summed E-state index contributed by atoms with van der Waals surface area (Å²) in [6.07, 6.45) is 2.84. The number of nitrogens with zero attached hydrogens (tertiary/aromatic N) is 2. The van der Waals surface area contributed by atoms with Crippen molar-refractivity contribution in [3.05, 3.63) is 0 Å². The summed E-state index contributed by atoms with van der Waals surface area (Å²) in [6, 6.07) is 0. The van der Waals surface area contributed by atoms with Crippen molar-refractivity contribution in [3.63, 3.8) is 0 Å². The Morgan fingerprint density at radius 1 is 1.35 bits per heavy atom. The number of hydrogen-bond acceptors (Lipinski definition) is 3. The fraction of sp³-hybridized carbons (Fsp3) is 0.933. The minimum Gasteiger partial charge on any atom is -0.341 e. The van der Waals surface area contributed by atoms with Crippen LogP contribution in [0.2, 0.25) is 0 Å². The molecule has 1 fully saturated rings. The smallest absolute Gasteiger partial charge is 0.242 e. The average Bonchev–Trinajstić information content (AvgIpc) is 2.83. The molecule has 0 radical (unpaired) electrons. The lowest BCUT2D eigenvalue weighted by molar-refractivity contribution is -0.135. The summed E-state index contributed by atoms with van der Waals surface area (Å²) in [5.74, 6) is 0.748. The number of carbonyl (C=O) groups excluding carboxylic acids is 1. The van der Waals surface area contributed by atoms with Crippen LogP contribution in [0.25, 0.3) is 0 Å². The normalized spacial score (nSPS) is 21.7. The first-order valence-corrected chi connectivity index (χ1v) is 7.75. The van der Waals surface area contributed by atoms with Crippen molar-refractivity contribution in [3.8, 4) is 0 Å². The molecule has 1 aliphatic rings. The summed E-state index contributed by atoms with van der Waals surface area (Å²) in [7, 11) is 0. The monoisotopic (exact) mass is 305 g/mol. The Hall–Kier alpha value is -0.320. The lowest BCUT2D eigenvalue weighted by Gasteiger charge is -2.29. The molecule has 1 amide bonds. The predicted octanol–water partition coefficient (Wildman–Crippen LogP) is 2.12. The van der Waals surface area contributed by atoms with Gasteiger partial charge in [0.15, 0.2) is 0 Å². The highest BCUT2D eigenvalue weighted by Gasteiger charge is 2.35. The first kappa shape index (κ1) is 19.7. The Bertz CT molecular complexity index is 293. The van der Waals surface area contributed by atoms with Crippen LogP contribution in [-0.4, -0.2) is 54.0 Å². The average molecular weight is 306 g/mol. The molecule has 0 aliphatic carbocycles. The standard InChI is InChI=1S/C15H31N3O.ClH/c1-5-9-15(4,16)14(19)18-10-8-13(12-18)11-17(6-2)7-3;/h13H,5-12,16H2,1-4H3;1H. The van der Waals surface area contributed by atoms with Crippen molar-refractivity contribution in [2.24, 2.45) is 11.7 Å². The van der Waals surface area contributed by atoms with Crippen molar-refractivity contribution in [2.45, 2.75) is 52.5 Å². The maximum atomic E-state index is 12.4. The Balaban J connectivity index is 0.00000361. The molecule has 4 nitrogen and oxygen atoms in total. The van der Waals surface area contributed by atoms with Crippen LogP contribution in [0.4, 0.5) is 0 Å². The highest BCUT2D eigenvalue weighted by Crippen LogP contribution is 2.22. The molecule has 0 bridgehead atoms. The van der Waals surface area contributed by atoms with E-state index in [0.29, 0.717) is 5.92 Å². The molecule has 2 unspecified atom stereocenters. The number of halogens is 1. The summed E-state index contributed by atoms with van der Waals surface area (Å²) in [5, 5.41) is 0. The largest absolute Gasteiger partial charge is 0.341 e. The van der Waals surface area contributed by atoms with E-state index in [0.717, 1.165) is 52.0 Å². The van der Waals surface area contributed by atoms with Crippen molar-refractivity contribution < 1.29 is 4.79 Å².